The Bertz CT molecular complexity index is 1000. The summed E-state index contributed by atoms with van der Waals surface area (Å²) >= 11 is 3.35. The Kier molecular flexibility index (Phi) is 4.77. The smallest absolute Gasteiger partial charge is 0.267 e. The summed E-state index contributed by atoms with van der Waals surface area (Å²) < 4.78 is 4.24. The number of rotatable bonds is 3. The molecule has 9 heteroatoms. The second kappa shape index (κ2) is 7.22. The van der Waals surface area contributed by atoms with E-state index in [-0.39, 0.29) is 11.6 Å². The van der Waals surface area contributed by atoms with E-state index in [0.717, 1.165) is 41.8 Å². The van der Waals surface area contributed by atoms with Gasteiger partial charge < -0.3 is 4.90 Å². The van der Waals surface area contributed by atoms with Crippen molar-refractivity contribution in [2.24, 2.45) is 0 Å². The van der Waals surface area contributed by atoms with Gasteiger partial charge in [0.2, 0.25) is 5.95 Å². The third kappa shape index (κ3) is 3.64. The molecule has 140 valence electrons. The van der Waals surface area contributed by atoms with E-state index in [2.05, 4.69) is 41.0 Å². The van der Waals surface area contributed by atoms with Crippen molar-refractivity contribution >= 4 is 21.9 Å². The van der Waals surface area contributed by atoms with Crippen LogP contribution in [0.4, 0.5) is 5.95 Å². The summed E-state index contributed by atoms with van der Waals surface area (Å²) in [5, 5.41) is 9.06. The van der Waals surface area contributed by atoms with E-state index in [1.165, 1.54) is 0 Å². The van der Waals surface area contributed by atoms with Gasteiger partial charge in [-0.15, -0.1) is 5.10 Å². The average molecular weight is 430 g/mol. The maximum Gasteiger partial charge on any atom is 0.267 e. The van der Waals surface area contributed by atoms with Crippen molar-refractivity contribution in [2.75, 3.05) is 18.0 Å². The highest BCUT2D eigenvalue weighted by atomic mass is 79.9. The van der Waals surface area contributed by atoms with Gasteiger partial charge in [0.1, 0.15) is 0 Å². The molecule has 1 fully saturated rings. The molecule has 0 aliphatic carbocycles. The van der Waals surface area contributed by atoms with Gasteiger partial charge in [0.25, 0.3) is 5.56 Å². The number of aryl methyl sites for hydroxylation is 2. The molecule has 8 nitrogen and oxygen atoms in total. The highest BCUT2D eigenvalue weighted by Crippen LogP contribution is 2.23. The van der Waals surface area contributed by atoms with Gasteiger partial charge in [-0.25, -0.2) is 19.3 Å². The van der Waals surface area contributed by atoms with E-state index in [1.807, 2.05) is 19.9 Å². The first-order valence-corrected chi connectivity index (χ1v) is 9.66. The molecular weight excluding hydrogens is 410 g/mol. The van der Waals surface area contributed by atoms with Crippen molar-refractivity contribution in [3.8, 4) is 5.82 Å². The Morgan fingerprint density at radius 1 is 1.07 bits per heavy atom. The van der Waals surface area contributed by atoms with E-state index in [1.54, 1.807) is 33.9 Å². The van der Waals surface area contributed by atoms with Gasteiger partial charge >= 0.3 is 0 Å². The molecule has 4 rings (SSSR count). The van der Waals surface area contributed by atoms with Crippen molar-refractivity contribution in [1.82, 2.24) is 29.5 Å². The fourth-order valence-electron chi connectivity index (χ4n) is 3.43. The second-order valence-corrected chi connectivity index (χ2v) is 7.65. The van der Waals surface area contributed by atoms with Gasteiger partial charge in [-0.3, -0.25) is 4.79 Å². The summed E-state index contributed by atoms with van der Waals surface area (Å²) in [6.45, 7) is 5.49. The van der Waals surface area contributed by atoms with Crippen LogP contribution in [0.3, 0.4) is 0 Å². The zero-order valence-electron chi connectivity index (χ0n) is 15.2. The molecule has 0 saturated carbocycles. The van der Waals surface area contributed by atoms with Crippen molar-refractivity contribution < 1.29 is 0 Å². The Morgan fingerprint density at radius 2 is 1.78 bits per heavy atom. The molecule has 0 aromatic carbocycles. The van der Waals surface area contributed by atoms with Gasteiger partial charge in [0.15, 0.2) is 5.82 Å². The molecule has 3 aromatic rings. The quantitative estimate of drug-likeness (QED) is 0.635. The predicted molar refractivity (Wildman–Crippen MR) is 105 cm³/mol. The molecule has 0 unspecified atom stereocenters. The minimum absolute atomic E-state index is 0.0566. The summed E-state index contributed by atoms with van der Waals surface area (Å²) in [7, 11) is 0. The minimum atomic E-state index is -0.0846. The Balaban J connectivity index is 1.54. The van der Waals surface area contributed by atoms with Crippen molar-refractivity contribution in [2.45, 2.75) is 32.7 Å². The third-order valence-corrected chi connectivity index (χ3v) is 5.15. The number of piperidine rings is 1. The van der Waals surface area contributed by atoms with Crippen LogP contribution in [0, 0.1) is 13.8 Å². The van der Waals surface area contributed by atoms with Crippen LogP contribution in [0.5, 0.6) is 0 Å². The van der Waals surface area contributed by atoms with E-state index >= 15 is 0 Å². The molecule has 3 aromatic heterocycles. The summed E-state index contributed by atoms with van der Waals surface area (Å²) in [4.78, 5) is 23.3. The molecule has 0 N–H and O–H groups in total. The first-order valence-electron chi connectivity index (χ1n) is 8.87. The minimum Gasteiger partial charge on any atom is -0.341 e. The first kappa shape index (κ1) is 17.8. The van der Waals surface area contributed by atoms with Crippen LogP contribution in [-0.2, 0) is 0 Å². The van der Waals surface area contributed by atoms with E-state index in [4.69, 9.17) is 0 Å². The van der Waals surface area contributed by atoms with Crippen molar-refractivity contribution in [1.29, 1.82) is 0 Å². The maximum absolute atomic E-state index is 12.4. The SMILES string of the molecule is Cc1cc(C)n(-c2ccc(=O)n(C3CCN(c4ncc(Br)cn4)CC3)n2)n1. The van der Waals surface area contributed by atoms with E-state index in [0.29, 0.717) is 11.8 Å². The number of nitrogens with zero attached hydrogens (tertiary/aromatic N) is 7. The molecule has 4 heterocycles. The lowest BCUT2D eigenvalue weighted by Crippen LogP contribution is -2.39. The molecular formula is C18H20BrN7O. The second-order valence-electron chi connectivity index (χ2n) is 6.73. The lowest BCUT2D eigenvalue weighted by molar-refractivity contribution is 0.349. The molecule has 1 saturated heterocycles. The van der Waals surface area contributed by atoms with Gasteiger partial charge in [-0.1, -0.05) is 0 Å². The molecule has 1 aliphatic heterocycles. The number of halogens is 1. The predicted octanol–water partition coefficient (Wildman–Crippen LogP) is 2.44. The van der Waals surface area contributed by atoms with Crippen LogP contribution in [0.25, 0.3) is 5.82 Å². The van der Waals surface area contributed by atoms with Crippen molar-refractivity contribution in [3.05, 3.63) is 56.8 Å². The largest absolute Gasteiger partial charge is 0.341 e. The fraction of sp³-hybridized carbons (Fsp3) is 0.389. The number of aromatic nitrogens is 6. The van der Waals surface area contributed by atoms with Gasteiger partial charge in [-0.2, -0.15) is 5.10 Å². The zero-order chi connectivity index (χ0) is 19.0. The monoisotopic (exact) mass is 429 g/mol. The molecule has 0 atom stereocenters. The number of hydrogen-bond acceptors (Lipinski definition) is 6. The summed E-state index contributed by atoms with van der Waals surface area (Å²) in [5.41, 5.74) is 1.83. The molecule has 0 radical (unpaired) electrons. The maximum atomic E-state index is 12.4. The van der Waals surface area contributed by atoms with Crippen molar-refractivity contribution in [3.63, 3.8) is 0 Å². The molecule has 0 amide bonds. The lowest BCUT2D eigenvalue weighted by atomic mass is 10.1. The number of hydrogen-bond donors (Lipinski definition) is 0. The van der Waals surface area contributed by atoms with Crippen LogP contribution < -0.4 is 10.5 Å². The Labute approximate surface area is 165 Å². The van der Waals surface area contributed by atoms with Gasteiger partial charge in [-0.05, 0) is 54.8 Å². The van der Waals surface area contributed by atoms with Crippen LogP contribution in [-0.4, -0.2) is 42.6 Å². The molecule has 0 spiro atoms. The first-order chi connectivity index (χ1) is 13.0. The number of anilines is 1. The van der Waals surface area contributed by atoms with E-state index in [9.17, 15) is 4.79 Å². The zero-order valence-corrected chi connectivity index (χ0v) is 16.8. The Morgan fingerprint density at radius 3 is 2.41 bits per heavy atom. The fourth-order valence-corrected chi connectivity index (χ4v) is 3.63. The summed E-state index contributed by atoms with van der Waals surface area (Å²) in [6, 6.07) is 5.35. The lowest BCUT2D eigenvalue weighted by Gasteiger charge is -2.32. The highest BCUT2D eigenvalue weighted by molar-refractivity contribution is 9.10. The third-order valence-electron chi connectivity index (χ3n) is 4.74. The topological polar surface area (TPSA) is 81.7 Å². The van der Waals surface area contributed by atoms with Crippen LogP contribution in [0.1, 0.15) is 30.3 Å². The summed E-state index contributed by atoms with van der Waals surface area (Å²) in [6.07, 6.45) is 5.12. The molecule has 27 heavy (non-hydrogen) atoms. The van der Waals surface area contributed by atoms with Crippen LogP contribution in [0.2, 0.25) is 0 Å². The van der Waals surface area contributed by atoms with Crippen LogP contribution >= 0.6 is 15.9 Å². The molecule has 1 aliphatic rings. The summed E-state index contributed by atoms with van der Waals surface area (Å²) in [5.74, 6) is 1.38. The van der Waals surface area contributed by atoms with E-state index < -0.39 is 0 Å². The standard InChI is InChI=1S/C18H20BrN7O/c1-12-9-13(2)25(22-12)16-3-4-17(27)26(23-16)15-5-7-24(8-6-15)18-20-10-14(19)11-21-18/h3-4,9-11,15H,5-8H2,1-2H3. The average Bonchev–Trinajstić information content (AvgIpc) is 3.01. The molecule has 0 bridgehead atoms. The van der Waals surface area contributed by atoms with Gasteiger partial charge in [0, 0.05) is 37.2 Å². The highest BCUT2D eigenvalue weighted by Gasteiger charge is 2.24. The normalized spacial score (nSPS) is 15.3. The Hall–Kier alpha value is -2.55. The van der Waals surface area contributed by atoms with Gasteiger partial charge in [0.05, 0.1) is 16.2 Å². The van der Waals surface area contributed by atoms with Crippen LogP contribution in [0.15, 0.2) is 39.9 Å².